The van der Waals surface area contributed by atoms with Gasteiger partial charge in [-0.25, -0.2) is 4.39 Å². The van der Waals surface area contributed by atoms with E-state index in [2.05, 4.69) is 0 Å². The monoisotopic (exact) mass is 205 g/mol. The Bertz CT molecular complexity index is 304. The smallest absolute Gasteiger partial charge is 0.171 e. The first kappa shape index (κ1) is 10.1. The predicted octanol–water partition coefficient (Wildman–Crippen LogP) is 1.39. The molecule has 0 fully saturated rings. The zero-order chi connectivity index (χ0) is 10.0. The fraction of sp³-hybridized carbons (Fsp3) is 0.250. The van der Waals surface area contributed by atoms with Gasteiger partial charge in [-0.2, -0.15) is 0 Å². The maximum atomic E-state index is 13.1. The van der Waals surface area contributed by atoms with E-state index in [4.69, 9.17) is 22.4 Å². The minimum absolute atomic E-state index is 0.0486. The molecule has 0 aliphatic heterocycles. The molecule has 0 aromatic heterocycles. The van der Waals surface area contributed by atoms with Crippen LogP contribution in [-0.2, 0) is 6.42 Å². The molecule has 0 saturated heterocycles. The quantitative estimate of drug-likeness (QED) is 0.640. The molecule has 72 valence electrons. The summed E-state index contributed by atoms with van der Waals surface area (Å²) in [6.45, 7) is 0.171. The van der Waals surface area contributed by atoms with Gasteiger partial charge in [0.1, 0.15) is 5.75 Å². The van der Waals surface area contributed by atoms with E-state index in [1.165, 1.54) is 0 Å². The van der Waals surface area contributed by atoms with Crippen LogP contribution in [0, 0.1) is 5.82 Å². The summed E-state index contributed by atoms with van der Waals surface area (Å²) in [5, 5.41) is 18.2. The summed E-state index contributed by atoms with van der Waals surface area (Å²) in [6.07, 6.45) is 0.131. The molecule has 0 heterocycles. The van der Waals surface area contributed by atoms with Crippen LogP contribution < -0.4 is 5.73 Å². The highest BCUT2D eigenvalue weighted by atomic mass is 35.5. The summed E-state index contributed by atoms with van der Waals surface area (Å²) in [5.74, 6) is -1.80. The third-order valence-electron chi connectivity index (χ3n) is 1.66. The van der Waals surface area contributed by atoms with Crippen molar-refractivity contribution in [3.63, 3.8) is 0 Å². The fourth-order valence-electron chi connectivity index (χ4n) is 1.03. The van der Waals surface area contributed by atoms with Crippen LogP contribution in [0.25, 0.3) is 0 Å². The Morgan fingerprint density at radius 1 is 1.46 bits per heavy atom. The summed E-state index contributed by atoms with van der Waals surface area (Å²) in [5.41, 5.74) is 5.15. The highest BCUT2D eigenvalue weighted by Gasteiger charge is 2.15. The van der Waals surface area contributed by atoms with Crippen molar-refractivity contribution in [1.29, 1.82) is 0 Å². The lowest BCUT2D eigenvalue weighted by molar-refractivity contribution is 0.413. The highest BCUT2D eigenvalue weighted by Crippen LogP contribution is 2.34. The van der Waals surface area contributed by atoms with E-state index in [1.54, 1.807) is 0 Å². The van der Waals surface area contributed by atoms with Crippen molar-refractivity contribution in [3.8, 4) is 11.5 Å². The van der Waals surface area contributed by atoms with Gasteiger partial charge in [-0.1, -0.05) is 11.6 Å². The van der Waals surface area contributed by atoms with E-state index < -0.39 is 11.6 Å². The van der Waals surface area contributed by atoms with Gasteiger partial charge in [0.05, 0.1) is 5.02 Å². The summed E-state index contributed by atoms with van der Waals surface area (Å²) < 4.78 is 13.1. The van der Waals surface area contributed by atoms with E-state index in [-0.39, 0.29) is 29.3 Å². The molecule has 0 aliphatic rings. The summed E-state index contributed by atoms with van der Waals surface area (Å²) >= 11 is 5.51. The lowest BCUT2D eigenvalue weighted by atomic mass is 10.1. The minimum Gasteiger partial charge on any atom is -0.506 e. The van der Waals surface area contributed by atoms with Crippen LogP contribution in [0.2, 0.25) is 5.02 Å². The molecule has 13 heavy (non-hydrogen) atoms. The maximum Gasteiger partial charge on any atom is 0.171 e. The third-order valence-corrected chi connectivity index (χ3v) is 1.95. The number of phenolic OH excluding ortho intramolecular Hbond substituents is 2. The Morgan fingerprint density at radius 3 is 2.62 bits per heavy atom. The van der Waals surface area contributed by atoms with Crippen LogP contribution >= 0.6 is 11.6 Å². The molecule has 1 aromatic carbocycles. The van der Waals surface area contributed by atoms with Crippen molar-refractivity contribution in [2.45, 2.75) is 6.42 Å². The molecule has 0 unspecified atom stereocenters. The van der Waals surface area contributed by atoms with Crippen LogP contribution in [0.4, 0.5) is 4.39 Å². The molecule has 4 N–H and O–H groups in total. The SMILES string of the molecule is NCCc1c(O)c(Cl)cc(O)c1F. The lowest BCUT2D eigenvalue weighted by Crippen LogP contribution is -2.05. The molecular formula is C8H9ClFNO2. The van der Waals surface area contributed by atoms with Crippen LogP contribution in [0.15, 0.2) is 6.07 Å². The number of hydrogen-bond donors (Lipinski definition) is 3. The fourth-order valence-corrected chi connectivity index (χ4v) is 1.24. The van der Waals surface area contributed by atoms with Gasteiger partial charge in [0.15, 0.2) is 11.6 Å². The largest absolute Gasteiger partial charge is 0.506 e. The molecule has 0 bridgehead atoms. The van der Waals surface area contributed by atoms with Gasteiger partial charge >= 0.3 is 0 Å². The molecule has 0 radical (unpaired) electrons. The van der Waals surface area contributed by atoms with Gasteiger partial charge in [-0.05, 0) is 13.0 Å². The minimum atomic E-state index is -0.868. The van der Waals surface area contributed by atoms with Crippen molar-refractivity contribution in [2.24, 2.45) is 5.73 Å². The predicted molar refractivity (Wildman–Crippen MR) is 47.5 cm³/mol. The van der Waals surface area contributed by atoms with Gasteiger partial charge in [0, 0.05) is 11.6 Å². The van der Waals surface area contributed by atoms with E-state index in [1.807, 2.05) is 0 Å². The Hall–Kier alpha value is -1.00. The van der Waals surface area contributed by atoms with Gasteiger partial charge in [0.2, 0.25) is 0 Å². The number of hydrogen-bond acceptors (Lipinski definition) is 3. The van der Waals surface area contributed by atoms with E-state index >= 15 is 0 Å². The van der Waals surface area contributed by atoms with Gasteiger partial charge in [-0.15, -0.1) is 0 Å². The number of aromatic hydroxyl groups is 2. The standard InChI is InChI=1S/C8H9ClFNO2/c9-5-3-6(12)7(10)4(1-2-11)8(5)13/h3,12-13H,1-2,11H2. The number of phenols is 2. The Labute approximate surface area is 79.6 Å². The Morgan fingerprint density at radius 2 is 2.08 bits per heavy atom. The molecule has 5 heteroatoms. The Balaban J connectivity index is 3.28. The maximum absolute atomic E-state index is 13.1. The van der Waals surface area contributed by atoms with Crippen molar-refractivity contribution in [1.82, 2.24) is 0 Å². The Kier molecular flexibility index (Phi) is 2.95. The normalized spacial score (nSPS) is 10.4. The molecule has 0 amide bonds. The number of nitrogens with two attached hydrogens (primary N) is 1. The van der Waals surface area contributed by atoms with Gasteiger partial charge < -0.3 is 15.9 Å². The van der Waals surface area contributed by atoms with Crippen molar-refractivity contribution in [3.05, 3.63) is 22.5 Å². The van der Waals surface area contributed by atoms with E-state index in [0.29, 0.717) is 0 Å². The average molecular weight is 206 g/mol. The molecule has 0 aliphatic carbocycles. The second-order valence-corrected chi connectivity index (χ2v) is 2.96. The second kappa shape index (κ2) is 3.81. The lowest BCUT2D eigenvalue weighted by Gasteiger charge is -2.07. The molecule has 0 atom stereocenters. The van der Waals surface area contributed by atoms with Crippen molar-refractivity contribution < 1.29 is 14.6 Å². The summed E-state index contributed by atoms with van der Waals surface area (Å²) in [7, 11) is 0. The number of halogens is 2. The summed E-state index contributed by atoms with van der Waals surface area (Å²) in [4.78, 5) is 0. The molecule has 1 aromatic rings. The van der Waals surface area contributed by atoms with E-state index in [9.17, 15) is 9.50 Å². The second-order valence-electron chi connectivity index (χ2n) is 2.56. The highest BCUT2D eigenvalue weighted by molar-refractivity contribution is 6.32. The zero-order valence-electron chi connectivity index (χ0n) is 6.72. The third kappa shape index (κ3) is 1.84. The number of rotatable bonds is 2. The zero-order valence-corrected chi connectivity index (χ0v) is 7.48. The first-order chi connectivity index (χ1) is 6.07. The van der Waals surface area contributed by atoms with Crippen LogP contribution in [-0.4, -0.2) is 16.8 Å². The molecule has 3 nitrogen and oxygen atoms in total. The molecule has 0 spiro atoms. The van der Waals surface area contributed by atoms with Crippen molar-refractivity contribution in [2.75, 3.05) is 6.54 Å². The van der Waals surface area contributed by atoms with E-state index in [0.717, 1.165) is 6.07 Å². The van der Waals surface area contributed by atoms with Crippen LogP contribution in [0.5, 0.6) is 11.5 Å². The average Bonchev–Trinajstić information content (AvgIpc) is 2.09. The first-order valence-corrected chi connectivity index (χ1v) is 4.04. The molecule has 0 saturated carbocycles. The molecule has 1 rings (SSSR count). The van der Waals surface area contributed by atoms with Crippen molar-refractivity contribution >= 4 is 11.6 Å². The first-order valence-electron chi connectivity index (χ1n) is 3.66. The van der Waals surface area contributed by atoms with Crippen LogP contribution in [0.1, 0.15) is 5.56 Å². The summed E-state index contributed by atoms with van der Waals surface area (Å²) in [6, 6.07) is 0.951. The van der Waals surface area contributed by atoms with Crippen LogP contribution in [0.3, 0.4) is 0 Å². The van der Waals surface area contributed by atoms with Gasteiger partial charge in [0.25, 0.3) is 0 Å². The van der Waals surface area contributed by atoms with Gasteiger partial charge in [-0.3, -0.25) is 0 Å². The topological polar surface area (TPSA) is 66.5 Å². The number of benzene rings is 1. The molecular weight excluding hydrogens is 197 g/mol.